The van der Waals surface area contributed by atoms with Crippen LogP contribution >= 0.6 is 0 Å². The molecule has 0 heterocycles. The molecule has 0 saturated heterocycles. The third-order valence-electron chi connectivity index (χ3n) is 2.78. The number of fused-ring (bicyclic) bond motifs is 1. The van der Waals surface area contributed by atoms with Crippen LogP contribution in [0.1, 0.15) is 10.4 Å². The highest BCUT2D eigenvalue weighted by atomic mass is 19.3. The zero-order valence-electron chi connectivity index (χ0n) is 9.65. The Morgan fingerprint density at radius 2 is 1.74 bits per heavy atom. The zero-order valence-corrected chi connectivity index (χ0v) is 9.65. The summed E-state index contributed by atoms with van der Waals surface area (Å²) < 4.78 is 39.5. The van der Waals surface area contributed by atoms with Gasteiger partial charge in [0, 0.05) is 5.56 Å². The van der Waals surface area contributed by atoms with Crippen molar-refractivity contribution >= 4 is 22.8 Å². The van der Waals surface area contributed by atoms with E-state index < -0.39 is 24.2 Å². The van der Waals surface area contributed by atoms with Crippen molar-refractivity contribution in [1.29, 1.82) is 0 Å². The quantitative estimate of drug-likeness (QED) is 0.629. The number of rotatable bonds is 4. The first-order valence-electron chi connectivity index (χ1n) is 5.47. The Morgan fingerprint density at radius 3 is 2.37 bits per heavy atom. The molecule has 0 radical (unpaired) electrons. The summed E-state index contributed by atoms with van der Waals surface area (Å²) >= 11 is 0. The van der Waals surface area contributed by atoms with E-state index in [1.54, 1.807) is 24.3 Å². The van der Waals surface area contributed by atoms with Crippen LogP contribution in [0.4, 0.5) is 13.2 Å². The number of Topliss-reactive ketones (excluding diaryl/α,β-unsaturated/α-hetero) is 1. The van der Waals surface area contributed by atoms with Crippen LogP contribution in [-0.4, -0.2) is 24.2 Å². The molecule has 2 aromatic rings. The van der Waals surface area contributed by atoms with Crippen LogP contribution in [0, 0.1) is 0 Å². The molecule has 19 heavy (non-hydrogen) atoms. The third-order valence-corrected chi connectivity index (χ3v) is 2.78. The molecule has 0 amide bonds. The fraction of sp³-hybridized carbons (Fsp3) is 0.143. The number of aldehydes is 1. The lowest BCUT2D eigenvalue weighted by Crippen LogP contribution is -2.39. The molecule has 0 saturated carbocycles. The minimum Gasteiger partial charge on any atom is -0.300 e. The summed E-state index contributed by atoms with van der Waals surface area (Å²) in [7, 11) is 0. The van der Waals surface area contributed by atoms with E-state index in [0.29, 0.717) is 5.39 Å². The van der Waals surface area contributed by atoms with Crippen molar-refractivity contribution in [3.63, 3.8) is 0 Å². The molecule has 5 heteroatoms. The number of carbonyl (C=O) groups is 2. The van der Waals surface area contributed by atoms with Gasteiger partial charge in [-0.2, -0.15) is 8.78 Å². The van der Waals surface area contributed by atoms with Gasteiger partial charge in [-0.15, -0.1) is 0 Å². The Morgan fingerprint density at radius 1 is 1.11 bits per heavy atom. The van der Waals surface area contributed by atoms with Gasteiger partial charge in [0.25, 0.3) is 0 Å². The first-order chi connectivity index (χ1) is 8.96. The van der Waals surface area contributed by atoms with Crippen LogP contribution in [0.2, 0.25) is 0 Å². The fourth-order valence-corrected chi connectivity index (χ4v) is 1.73. The lowest BCUT2D eigenvalue weighted by Gasteiger charge is -2.15. The summed E-state index contributed by atoms with van der Waals surface area (Å²) in [6.45, 7) is 0. The summed E-state index contributed by atoms with van der Waals surface area (Å²) in [6, 6.07) is 10.8. The van der Waals surface area contributed by atoms with E-state index in [0.717, 1.165) is 5.39 Å². The van der Waals surface area contributed by atoms with Gasteiger partial charge in [0.05, 0.1) is 0 Å². The average molecular weight is 266 g/mol. The second kappa shape index (κ2) is 4.84. The fourth-order valence-electron chi connectivity index (χ4n) is 1.73. The molecule has 0 aromatic heterocycles. The monoisotopic (exact) mass is 266 g/mol. The van der Waals surface area contributed by atoms with Crippen LogP contribution in [0.5, 0.6) is 0 Å². The Balaban J connectivity index is 2.44. The van der Waals surface area contributed by atoms with Crippen molar-refractivity contribution in [2.75, 3.05) is 0 Å². The number of carbonyl (C=O) groups excluding carboxylic acids is 2. The summed E-state index contributed by atoms with van der Waals surface area (Å²) in [5.74, 6) is -6.04. The summed E-state index contributed by atoms with van der Waals surface area (Å²) in [5, 5.41) is 1.36. The van der Waals surface area contributed by atoms with E-state index in [9.17, 15) is 22.8 Å². The van der Waals surface area contributed by atoms with Crippen molar-refractivity contribution in [2.45, 2.75) is 12.1 Å². The van der Waals surface area contributed by atoms with E-state index >= 15 is 0 Å². The molecular weight excluding hydrogens is 257 g/mol. The van der Waals surface area contributed by atoms with Crippen molar-refractivity contribution in [1.82, 2.24) is 0 Å². The van der Waals surface area contributed by atoms with Gasteiger partial charge in [-0.25, -0.2) is 4.39 Å². The molecule has 2 rings (SSSR count). The molecule has 0 aliphatic rings. The summed E-state index contributed by atoms with van der Waals surface area (Å²) in [6.07, 6.45) is -3.70. The van der Waals surface area contributed by atoms with Crippen LogP contribution < -0.4 is 0 Å². The SMILES string of the molecule is O=CC(F)C(F)(F)C(=O)c1ccc2ccccc2c1. The number of ketones is 1. The third kappa shape index (κ3) is 2.36. The van der Waals surface area contributed by atoms with E-state index in [4.69, 9.17) is 0 Å². The highest BCUT2D eigenvalue weighted by Gasteiger charge is 2.48. The maximum atomic E-state index is 13.3. The number of halogens is 3. The van der Waals surface area contributed by atoms with Crippen LogP contribution in [0.15, 0.2) is 42.5 Å². The van der Waals surface area contributed by atoms with E-state index in [1.807, 2.05) is 0 Å². The van der Waals surface area contributed by atoms with Gasteiger partial charge in [0.2, 0.25) is 12.0 Å². The standard InChI is InChI=1S/C14H9F3O2/c15-12(8-18)14(16,17)13(19)11-6-5-9-3-1-2-4-10(9)7-11/h1-8,12H. The number of hydrogen-bond acceptors (Lipinski definition) is 2. The topological polar surface area (TPSA) is 34.1 Å². The summed E-state index contributed by atoms with van der Waals surface area (Å²) in [5.41, 5.74) is -0.326. The van der Waals surface area contributed by atoms with Crippen molar-refractivity contribution in [3.8, 4) is 0 Å². The van der Waals surface area contributed by atoms with Gasteiger partial charge in [0.1, 0.15) is 0 Å². The second-order valence-corrected chi connectivity index (χ2v) is 4.05. The van der Waals surface area contributed by atoms with Crippen molar-refractivity contribution in [3.05, 3.63) is 48.0 Å². The number of benzene rings is 2. The first kappa shape index (κ1) is 13.3. The normalized spacial score (nSPS) is 13.2. The van der Waals surface area contributed by atoms with Crippen molar-refractivity contribution < 1.29 is 22.8 Å². The predicted molar refractivity (Wildman–Crippen MR) is 64.2 cm³/mol. The van der Waals surface area contributed by atoms with Crippen LogP contribution in [0.25, 0.3) is 10.8 Å². The maximum absolute atomic E-state index is 13.3. The average Bonchev–Trinajstić information content (AvgIpc) is 2.44. The molecule has 2 nitrogen and oxygen atoms in total. The summed E-state index contributed by atoms with van der Waals surface area (Å²) in [4.78, 5) is 21.7. The minimum absolute atomic E-state index is 0.326. The molecular formula is C14H9F3O2. The van der Waals surface area contributed by atoms with Gasteiger partial charge < -0.3 is 0 Å². The predicted octanol–water partition coefficient (Wildman–Crippen LogP) is 3.19. The second-order valence-electron chi connectivity index (χ2n) is 4.05. The molecule has 98 valence electrons. The van der Waals surface area contributed by atoms with E-state index in [2.05, 4.69) is 0 Å². The van der Waals surface area contributed by atoms with Gasteiger partial charge >= 0.3 is 5.92 Å². The van der Waals surface area contributed by atoms with Gasteiger partial charge in [-0.05, 0) is 16.8 Å². The first-order valence-corrected chi connectivity index (χ1v) is 5.47. The molecule has 0 spiro atoms. The lowest BCUT2D eigenvalue weighted by molar-refractivity contribution is -0.122. The number of alkyl halides is 3. The highest BCUT2D eigenvalue weighted by molar-refractivity contribution is 6.05. The van der Waals surface area contributed by atoms with Gasteiger partial charge in [-0.3, -0.25) is 9.59 Å². The minimum atomic E-state index is -4.34. The molecule has 1 atom stereocenters. The molecule has 0 aliphatic heterocycles. The van der Waals surface area contributed by atoms with Crippen LogP contribution in [0.3, 0.4) is 0 Å². The zero-order chi connectivity index (χ0) is 14.0. The molecule has 1 unspecified atom stereocenters. The molecule has 2 aromatic carbocycles. The van der Waals surface area contributed by atoms with E-state index in [1.165, 1.54) is 18.2 Å². The van der Waals surface area contributed by atoms with Gasteiger partial charge in [0.15, 0.2) is 6.29 Å². The smallest absolute Gasteiger partial charge is 0.300 e. The lowest BCUT2D eigenvalue weighted by atomic mass is 9.99. The Labute approximate surface area is 106 Å². The Kier molecular flexibility index (Phi) is 3.38. The highest BCUT2D eigenvalue weighted by Crippen LogP contribution is 2.27. The van der Waals surface area contributed by atoms with Crippen molar-refractivity contribution in [2.24, 2.45) is 0 Å². The van der Waals surface area contributed by atoms with E-state index in [-0.39, 0.29) is 5.56 Å². The van der Waals surface area contributed by atoms with Gasteiger partial charge in [-0.1, -0.05) is 36.4 Å². The Hall–Kier alpha value is -2.17. The molecule has 0 N–H and O–H groups in total. The molecule has 0 fully saturated rings. The number of hydrogen-bond donors (Lipinski definition) is 0. The maximum Gasteiger partial charge on any atom is 0.346 e. The molecule has 0 bridgehead atoms. The van der Waals surface area contributed by atoms with Crippen LogP contribution in [-0.2, 0) is 4.79 Å². The Bertz CT molecular complexity index is 637. The largest absolute Gasteiger partial charge is 0.346 e. The molecule has 0 aliphatic carbocycles.